The number of amides is 2. The lowest BCUT2D eigenvalue weighted by Gasteiger charge is -2.05. The minimum absolute atomic E-state index is 0.138. The smallest absolute Gasteiger partial charge is 0.257 e. The molecule has 0 saturated heterocycles. The number of nitrogens with zero attached hydrogens (tertiary/aromatic N) is 2. The van der Waals surface area contributed by atoms with Crippen LogP contribution in [0.1, 0.15) is 15.9 Å². The first-order valence-electron chi connectivity index (χ1n) is 8.04. The number of nitrogens with one attached hydrogen (secondary N) is 2. The average Bonchev–Trinajstić information content (AvgIpc) is 3.13. The van der Waals surface area contributed by atoms with Gasteiger partial charge in [0.2, 0.25) is 11.0 Å². The topological polar surface area (TPSA) is 84.0 Å². The summed E-state index contributed by atoms with van der Waals surface area (Å²) >= 11 is 11.9. The monoisotopic (exact) mass is 496 g/mol. The Morgan fingerprint density at radius 2 is 1.86 bits per heavy atom. The zero-order chi connectivity index (χ0) is 19.9. The van der Waals surface area contributed by atoms with E-state index >= 15 is 0 Å². The Bertz CT molecular complexity index is 982. The van der Waals surface area contributed by atoms with Gasteiger partial charge >= 0.3 is 0 Å². The second-order valence-corrected chi connectivity index (χ2v) is 9.01. The van der Waals surface area contributed by atoms with Crippen molar-refractivity contribution in [3.63, 3.8) is 0 Å². The minimum atomic E-state index is -0.266. The largest absolute Gasteiger partial charge is 0.351 e. The quantitative estimate of drug-likeness (QED) is 0.368. The second-order valence-electron chi connectivity index (χ2n) is 5.49. The fraction of sp³-hybridized carbons (Fsp3) is 0.111. The summed E-state index contributed by atoms with van der Waals surface area (Å²) in [5.41, 5.74) is 1.38. The molecule has 2 N–H and O–H groups in total. The molecule has 2 aromatic carbocycles. The van der Waals surface area contributed by atoms with Crippen LogP contribution < -0.4 is 10.6 Å². The van der Waals surface area contributed by atoms with E-state index in [9.17, 15) is 9.59 Å². The zero-order valence-corrected chi connectivity index (χ0v) is 18.3. The van der Waals surface area contributed by atoms with Crippen molar-refractivity contribution in [3.8, 4) is 0 Å². The van der Waals surface area contributed by atoms with Gasteiger partial charge in [-0.2, -0.15) is 0 Å². The summed E-state index contributed by atoms with van der Waals surface area (Å²) in [4.78, 5) is 24.2. The Morgan fingerprint density at radius 3 is 2.61 bits per heavy atom. The van der Waals surface area contributed by atoms with Crippen LogP contribution in [0.25, 0.3) is 0 Å². The summed E-state index contributed by atoms with van der Waals surface area (Å²) in [7, 11) is 0. The normalized spacial score (nSPS) is 10.5. The molecule has 0 unspecified atom stereocenters. The van der Waals surface area contributed by atoms with Gasteiger partial charge in [0.05, 0.1) is 5.75 Å². The molecule has 0 fully saturated rings. The maximum atomic E-state index is 12.2. The van der Waals surface area contributed by atoms with Crippen molar-refractivity contribution in [2.24, 2.45) is 0 Å². The first kappa shape index (κ1) is 20.8. The molecule has 0 aliphatic rings. The van der Waals surface area contributed by atoms with Crippen LogP contribution in [0, 0.1) is 0 Å². The number of thioether (sulfide) groups is 1. The van der Waals surface area contributed by atoms with Gasteiger partial charge in [-0.25, -0.2) is 0 Å². The molecule has 3 aromatic rings. The van der Waals surface area contributed by atoms with Gasteiger partial charge in [-0.05, 0) is 35.9 Å². The number of carbonyl (C=O) groups excluding carboxylic acids is 2. The standard InChI is InChI=1S/C18H14BrClN4O2S2/c19-13-7-5-11(6-8-13)16(26)22-17-23-24-18(28-17)27-10-15(25)21-9-12-3-1-2-4-14(12)20/h1-8H,9-10H2,(H,21,25)(H,22,23,26). The molecule has 28 heavy (non-hydrogen) atoms. The first-order valence-corrected chi connectivity index (χ1v) is 11.0. The third-order valence-electron chi connectivity index (χ3n) is 3.49. The van der Waals surface area contributed by atoms with Gasteiger partial charge < -0.3 is 5.32 Å². The van der Waals surface area contributed by atoms with E-state index in [1.807, 2.05) is 18.2 Å². The summed E-state index contributed by atoms with van der Waals surface area (Å²) in [6, 6.07) is 14.3. The first-order chi connectivity index (χ1) is 13.5. The number of rotatable bonds is 7. The van der Waals surface area contributed by atoms with Crippen LogP contribution in [0.5, 0.6) is 0 Å². The predicted octanol–water partition coefficient (Wildman–Crippen LogP) is 4.61. The molecule has 0 aliphatic carbocycles. The van der Waals surface area contributed by atoms with E-state index in [1.54, 1.807) is 30.3 Å². The molecule has 6 nitrogen and oxygen atoms in total. The van der Waals surface area contributed by atoms with Crippen molar-refractivity contribution in [1.82, 2.24) is 15.5 Å². The lowest BCUT2D eigenvalue weighted by Crippen LogP contribution is -2.24. The molecule has 0 bridgehead atoms. The fourth-order valence-corrected chi connectivity index (χ4v) is 4.15. The van der Waals surface area contributed by atoms with Gasteiger partial charge in [0.15, 0.2) is 4.34 Å². The van der Waals surface area contributed by atoms with Crippen molar-refractivity contribution in [3.05, 3.63) is 69.2 Å². The lowest BCUT2D eigenvalue weighted by atomic mass is 10.2. The van der Waals surface area contributed by atoms with Crippen LogP contribution in [0.4, 0.5) is 5.13 Å². The molecule has 1 heterocycles. The van der Waals surface area contributed by atoms with Gasteiger partial charge in [-0.3, -0.25) is 14.9 Å². The van der Waals surface area contributed by atoms with E-state index < -0.39 is 0 Å². The molecule has 0 radical (unpaired) electrons. The highest BCUT2D eigenvalue weighted by atomic mass is 79.9. The molecule has 0 spiro atoms. The number of carbonyl (C=O) groups is 2. The lowest BCUT2D eigenvalue weighted by molar-refractivity contribution is -0.118. The highest BCUT2D eigenvalue weighted by Crippen LogP contribution is 2.26. The second kappa shape index (κ2) is 10.0. The van der Waals surface area contributed by atoms with Gasteiger partial charge in [0.25, 0.3) is 5.91 Å². The van der Waals surface area contributed by atoms with E-state index in [-0.39, 0.29) is 17.6 Å². The summed E-state index contributed by atoms with van der Waals surface area (Å²) in [5.74, 6) is -0.210. The molecule has 0 aliphatic heterocycles. The summed E-state index contributed by atoms with van der Waals surface area (Å²) in [6.07, 6.45) is 0. The van der Waals surface area contributed by atoms with Crippen molar-refractivity contribution < 1.29 is 9.59 Å². The van der Waals surface area contributed by atoms with Crippen LogP contribution in [-0.2, 0) is 11.3 Å². The van der Waals surface area contributed by atoms with Crippen molar-refractivity contribution >= 4 is 67.6 Å². The molecule has 0 saturated carbocycles. The fourth-order valence-electron chi connectivity index (χ4n) is 2.10. The number of halogens is 2. The molecule has 2 amide bonds. The van der Waals surface area contributed by atoms with Crippen LogP contribution >= 0.6 is 50.6 Å². The Kier molecular flexibility index (Phi) is 7.43. The van der Waals surface area contributed by atoms with E-state index in [1.165, 1.54) is 23.1 Å². The van der Waals surface area contributed by atoms with Gasteiger partial charge in [-0.15, -0.1) is 10.2 Å². The van der Waals surface area contributed by atoms with Crippen molar-refractivity contribution in [1.29, 1.82) is 0 Å². The summed E-state index contributed by atoms with van der Waals surface area (Å²) in [5, 5.41) is 14.4. The maximum Gasteiger partial charge on any atom is 0.257 e. The molecule has 3 rings (SSSR count). The van der Waals surface area contributed by atoms with Crippen LogP contribution in [0.2, 0.25) is 5.02 Å². The van der Waals surface area contributed by atoms with E-state index in [2.05, 4.69) is 36.8 Å². The SMILES string of the molecule is O=C(CSc1nnc(NC(=O)c2ccc(Br)cc2)s1)NCc1ccccc1Cl. The highest BCUT2D eigenvalue weighted by molar-refractivity contribution is 9.10. The number of hydrogen-bond donors (Lipinski definition) is 2. The molecule has 1 aromatic heterocycles. The van der Waals surface area contributed by atoms with Crippen LogP contribution in [-0.4, -0.2) is 27.8 Å². The molecule has 10 heteroatoms. The summed E-state index contributed by atoms with van der Waals surface area (Å²) < 4.78 is 1.49. The van der Waals surface area contributed by atoms with Gasteiger partial charge in [-0.1, -0.05) is 68.8 Å². The molecule has 0 atom stereocenters. The Balaban J connectivity index is 1.46. The number of aromatic nitrogens is 2. The van der Waals surface area contributed by atoms with E-state index in [0.29, 0.717) is 26.6 Å². The van der Waals surface area contributed by atoms with Gasteiger partial charge in [0, 0.05) is 21.6 Å². The third kappa shape index (κ3) is 6.03. The van der Waals surface area contributed by atoms with Crippen LogP contribution in [0.15, 0.2) is 57.3 Å². The predicted molar refractivity (Wildman–Crippen MR) is 116 cm³/mol. The number of benzene rings is 2. The number of hydrogen-bond acceptors (Lipinski definition) is 6. The number of anilines is 1. The summed E-state index contributed by atoms with van der Waals surface area (Å²) in [6.45, 7) is 0.365. The minimum Gasteiger partial charge on any atom is -0.351 e. The Hall–Kier alpha value is -1.94. The van der Waals surface area contributed by atoms with Crippen molar-refractivity contribution in [2.75, 3.05) is 11.1 Å². The van der Waals surface area contributed by atoms with E-state index in [4.69, 9.17) is 11.6 Å². The molecular weight excluding hydrogens is 484 g/mol. The van der Waals surface area contributed by atoms with E-state index in [0.717, 1.165) is 10.0 Å². The van der Waals surface area contributed by atoms with Gasteiger partial charge in [0.1, 0.15) is 0 Å². The zero-order valence-electron chi connectivity index (χ0n) is 14.3. The Morgan fingerprint density at radius 1 is 1.11 bits per heavy atom. The molecular formula is C18H14BrClN4O2S2. The van der Waals surface area contributed by atoms with Crippen LogP contribution in [0.3, 0.4) is 0 Å². The molecule has 144 valence electrons. The average molecular weight is 498 g/mol. The third-order valence-corrected chi connectivity index (χ3v) is 6.36. The maximum absolute atomic E-state index is 12.2. The highest BCUT2D eigenvalue weighted by Gasteiger charge is 2.12. The Labute approximate surface area is 183 Å². The van der Waals surface area contributed by atoms with Crippen molar-refractivity contribution in [2.45, 2.75) is 10.9 Å².